The van der Waals surface area contributed by atoms with Crippen molar-refractivity contribution >= 4 is 44.3 Å². The Kier molecular flexibility index (Phi) is 3.22. The van der Waals surface area contributed by atoms with Crippen molar-refractivity contribution < 1.29 is 9.18 Å². The Morgan fingerprint density at radius 3 is 2.67 bits per heavy atom. The standard InChI is InChI=1S/C8H5BrFIO/c1-4(12)5-2-3-6(11)7(9)8(5)10/h2-3H,1H3. The number of benzene rings is 1. The van der Waals surface area contributed by atoms with Crippen LogP contribution in [0, 0.1) is 9.39 Å². The van der Waals surface area contributed by atoms with Crippen molar-refractivity contribution in [3.63, 3.8) is 0 Å². The fourth-order valence-corrected chi connectivity index (χ4v) is 1.56. The minimum Gasteiger partial charge on any atom is -0.294 e. The van der Waals surface area contributed by atoms with Gasteiger partial charge in [0.15, 0.2) is 5.78 Å². The summed E-state index contributed by atoms with van der Waals surface area (Å²) in [5.74, 6) is -0.737. The van der Waals surface area contributed by atoms with E-state index in [9.17, 15) is 9.18 Å². The number of Topliss-reactive ketones (excluding diaryl/α,β-unsaturated/α-hetero) is 1. The first-order valence-electron chi connectivity index (χ1n) is 3.18. The number of carbonyl (C=O) groups excluding carboxylic acids is 1. The predicted octanol–water partition coefficient (Wildman–Crippen LogP) is 3.40. The van der Waals surface area contributed by atoms with E-state index in [2.05, 4.69) is 15.9 Å². The van der Waals surface area contributed by atoms with E-state index in [1.165, 1.54) is 13.0 Å². The number of ketones is 1. The van der Waals surface area contributed by atoms with Crippen LogP contribution in [0.3, 0.4) is 0 Å². The molecule has 12 heavy (non-hydrogen) atoms. The van der Waals surface area contributed by atoms with Crippen molar-refractivity contribution in [3.05, 3.63) is 31.6 Å². The maximum Gasteiger partial charge on any atom is 0.162 e. The molecular formula is C8H5BrFIO. The van der Waals surface area contributed by atoms with Crippen LogP contribution in [0.1, 0.15) is 17.3 Å². The summed E-state index contributed by atoms with van der Waals surface area (Å²) < 4.78 is 14.4. The summed E-state index contributed by atoms with van der Waals surface area (Å²) in [4.78, 5) is 10.9. The van der Waals surface area contributed by atoms with Gasteiger partial charge in [0.1, 0.15) is 5.82 Å². The molecule has 0 radical (unpaired) electrons. The highest BCUT2D eigenvalue weighted by Crippen LogP contribution is 2.25. The van der Waals surface area contributed by atoms with E-state index in [0.717, 1.165) is 3.57 Å². The van der Waals surface area contributed by atoms with E-state index in [0.29, 0.717) is 4.47 Å². The van der Waals surface area contributed by atoms with Crippen LogP contribution in [0.4, 0.5) is 4.39 Å². The number of carbonyl (C=O) groups is 1. The van der Waals surface area contributed by atoms with Crippen LogP contribution >= 0.6 is 38.5 Å². The lowest BCUT2D eigenvalue weighted by atomic mass is 10.1. The largest absolute Gasteiger partial charge is 0.294 e. The molecule has 4 heteroatoms. The third kappa shape index (κ3) is 1.85. The Balaban J connectivity index is 3.36. The minimum absolute atomic E-state index is 0.127. The Hall–Kier alpha value is 0.0300. The minimum atomic E-state index is -0.477. The van der Waals surface area contributed by atoms with Crippen LogP contribution in [0.2, 0.25) is 0 Å². The van der Waals surface area contributed by atoms with Gasteiger partial charge < -0.3 is 0 Å². The molecule has 64 valence electrons. The normalized spacial score (nSPS) is 10.0. The van der Waals surface area contributed by atoms with Crippen LogP contribution in [0.25, 0.3) is 0 Å². The summed E-state index contributed by atoms with van der Waals surface area (Å²) in [5.41, 5.74) is 0.127. The topological polar surface area (TPSA) is 17.1 Å². The summed E-state index contributed by atoms with van der Waals surface area (Å²) in [6.45, 7) is 1.34. The highest BCUT2D eigenvalue weighted by molar-refractivity contribution is 14.1. The summed E-state index contributed by atoms with van der Waals surface area (Å²) in [5, 5.41) is 0. The Labute approximate surface area is 91.6 Å². The van der Waals surface area contributed by atoms with Gasteiger partial charge in [0.2, 0.25) is 0 Å². The maximum atomic E-state index is 13.2. The molecule has 0 saturated heterocycles. The average molecular weight is 343 g/mol. The average Bonchev–Trinajstić information content (AvgIpc) is 2.00. The summed E-state index contributed by atoms with van der Waals surface area (Å²) in [6, 6.07) is 3.19. The Morgan fingerprint density at radius 1 is 1.58 bits per heavy atom. The van der Waals surface area contributed by atoms with Gasteiger partial charge in [-0.25, -0.2) is 4.39 Å². The van der Waals surface area contributed by atoms with Gasteiger partial charge in [0.25, 0.3) is 0 Å². The Bertz CT molecular complexity index is 338. The predicted molar refractivity (Wildman–Crippen MR) is 56.8 cm³/mol. The Morgan fingerprint density at radius 2 is 2.17 bits per heavy atom. The smallest absolute Gasteiger partial charge is 0.162 e. The van der Waals surface area contributed by atoms with Gasteiger partial charge in [0, 0.05) is 3.57 Å². The molecule has 0 bridgehead atoms. The van der Waals surface area contributed by atoms with Crippen molar-refractivity contribution in [2.45, 2.75) is 6.92 Å². The van der Waals surface area contributed by atoms with E-state index < -0.39 is 5.82 Å². The molecule has 0 aliphatic rings. The zero-order chi connectivity index (χ0) is 9.30. The van der Waals surface area contributed by atoms with Gasteiger partial charge in [-0.3, -0.25) is 4.79 Å². The van der Waals surface area contributed by atoms with E-state index >= 15 is 0 Å². The number of hydrogen-bond acceptors (Lipinski definition) is 1. The lowest BCUT2D eigenvalue weighted by Crippen LogP contribution is -1.98. The van der Waals surface area contributed by atoms with Crippen LogP contribution in [-0.4, -0.2) is 5.78 Å². The summed E-state index contributed by atoms with van der Waals surface area (Å²) >= 11 is 5.06. The SMILES string of the molecule is CC(=O)c1ccc(I)c(Br)c1F. The quantitative estimate of drug-likeness (QED) is 0.434. The van der Waals surface area contributed by atoms with Gasteiger partial charge in [-0.15, -0.1) is 0 Å². The fraction of sp³-hybridized carbons (Fsp3) is 0.125. The van der Waals surface area contributed by atoms with E-state index in [4.69, 9.17) is 0 Å². The second-order valence-electron chi connectivity index (χ2n) is 2.28. The molecule has 0 saturated carbocycles. The molecule has 1 aromatic rings. The molecule has 0 fully saturated rings. The molecule has 1 rings (SSSR count). The van der Waals surface area contributed by atoms with Crippen molar-refractivity contribution in [3.8, 4) is 0 Å². The van der Waals surface area contributed by atoms with Gasteiger partial charge in [-0.2, -0.15) is 0 Å². The second-order valence-corrected chi connectivity index (χ2v) is 4.23. The first-order chi connectivity index (χ1) is 5.54. The molecule has 0 spiro atoms. The molecule has 0 unspecified atom stereocenters. The highest BCUT2D eigenvalue weighted by Gasteiger charge is 2.12. The molecule has 0 aliphatic carbocycles. The van der Waals surface area contributed by atoms with E-state index in [-0.39, 0.29) is 11.3 Å². The highest BCUT2D eigenvalue weighted by atomic mass is 127. The third-order valence-corrected chi connectivity index (χ3v) is 3.83. The molecule has 0 aliphatic heterocycles. The molecule has 0 aromatic heterocycles. The first-order valence-corrected chi connectivity index (χ1v) is 5.05. The lowest BCUT2D eigenvalue weighted by Gasteiger charge is -2.01. The summed E-state index contributed by atoms with van der Waals surface area (Å²) in [7, 11) is 0. The first kappa shape index (κ1) is 10.1. The molecule has 0 N–H and O–H groups in total. The zero-order valence-corrected chi connectivity index (χ0v) is 9.94. The van der Waals surface area contributed by atoms with Crippen LogP contribution < -0.4 is 0 Å². The van der Waals surface area contributed by atoms with Crippen molar-refractivity contribution in [1.29, 1.82) is 0 Å². The van der Waals surface area contributed by atoms with Crippen LogP contribution in [0.15, 0.2) is 16.6 Å². The molecule has 0 atom stereocenters. The fourth-order valence-electron chi connectivity index (χ4n) is 0.798. The number of hydrogen-bond donors (Lipinski definition) is 0. The van der Waals surface area contributed by atoms with Crippen molar-refractivity contribution in [2.75, 3.05) is 0 Å². The number of halogens is 3. The second kappa shape index (κ2) is 3.83. The van der Waals surface area contributed by atoms with Gasteiger partial charge >= 0.3 is 0 Å². The molecule has 1 aromatic carbocycles. The van der Waals surface area contributed by atoms with E-state index in [1.54, 1.807) is 6.07 Å². The zero-order valence-electron chi connectivity index (χ0n) is 6.20. The molecular weight excluding hydrogens is 338 g/mol. The van der Waals surface area contributed by atoms with Gasteiger partial charge in [-0.1, -0.05) is 0 Å². The summed E-state index contributed by atoms with van der Waals surface area (Å²) in [6.07, 6.45) is 0. The molecule has 1 nitrogen and oxygen atoms in total. The van der Waals surface area contributed by atoms with E-state index in [1.807, 2.05) is 22.6 Å². The van der Waals surface area contributed by atoms with Crippen LogP contribution in [0.5, 0.6) is 0 Å². The molecule has 0 amide bonds. The monoisotopic (exact) mass is 342 g/mol. The lowest BCUT2D eigenvalue weighted by molar-refractivity contribution is 0.101. The molecule has 0 heterocycles. The van der Waals surface area contributed by atoms with Gasteiger partial charge in [-0.05, 0) is 57.6 Å². The van der Waals surface area contributed by atoms with Crippen molar-refractivity contribution in [1.82, 2.24) is 0 Å². The number of rotatable bonds is 1. The van der Waals surface area contributed by atoms with Crippen LogP contribution in [-0.2, 0) is 0 Å². The van der Waals surface area contributed by atoms with Gasteiger partial charge in [0.05, 0.1) is 10.0 Å². The third-order valence-electron chi connectivity index (χ3n) is 1.41. The maximum absolute atomic E-state index is 13.2. The van der Waals surface area contributed by atoms with Crippen molar-refractivity contribution in [2.24, 2.45) is 0 Å².